The number of benzene rings is 2. The summed E-state index contributed by atoms with van der Waals surface area (Å²) in [6, 6.07) is 10.6. The van der Waals surface area contributed by atoms with Crippen LogP contribution in [0.15, 0.2) is 54.6 Å². The van der Waals surface area contributed by atoms with Crippen LogP contribution >= 0.6 is 0 Å². The summed E-state index contributed by atoms with van der Waals surface area (Å²) in [4.78, 5) is 96.2. The molecule has 2 aromatic rings. The van der Waals surface area contributed by atoms with E-state index in [-0.39, 0.29) is 70.1 Å². The van der Waals surface area contributed by atoms with Crippen molar-refractivity contribution in [2.45, 2.75) is 149 Å². The van der Waals surface area contributed by atoms with Crippen LogP contribution in [0.3, 0.4) is 0 Å². The number of carbonyl (C=O) groups is 7. The van der Waals surface area contributed by atoms with Crippen LogP contribution in [0.1, 0.15) is 123 Å². The number of carbonyl (C=O) groups excluding carboxylic acids is 7. The average molecular weight is 1010 g/mol. The molecule has 0 aromatic heterocycles. The number of amides is 7. The lowest BCUT2D eigenvalue weighted by Gasteiger charge is -2.27. The maximum absolute atomic E-state index is 14.1. The molecule has 2 aromatic carbocycles. The fraction of sp³-hybridized carbons (Fsp3) is 0.642. The van der Waals surface area contributed by atoms with Crippen LogP contribution in [0.2, 0.25) is 0 Å². The second-order valence-corrected chi connectivity index (χ2v) is 20.2. The van der Waals surface area contributed by atoms with Crippen molar-refractivity contribution in [3.05, 3.63) is 71.3 Å². The highest BCUT2D eigenvalue weighted by Gasteiger charge is 2.32. The van der Waals surface area contributed by atoms with E-state index in [0.29, 0.717) is 12.0 Å². The van der Waals surface area contributed by atoms with Gasteiger partial charge in [-0.3, -0.25) is 28.8 Å². The van der Waals surface area contributed by atoms with E-state index in [4.69, 9.17) is 14.2 Å². The molecule has 0 radical (unpaired) electrons. The molecule has 19 heteroatoms. The van der Waals surface area contributed by atoms with Crippen molar-refractivity contribution in [1.29, 1.82) is 0 Å². The van der Waals surface area contributed by atoms with Crippen LogP contribution in [0.5, 0.6) is 0 Å². The molecule has 0 aliphatic heterocycles. The van der Waals surface area contributed by atoms with Crippen molar-refractivity contribution >= 4 is 41.5 Å². The molecular weight excluding hydrogens is 925 g/mol. The Labute approximate surface area is 427 Å². The minimum Gasteiger partial charge on any atom is -0.444 e. The first-order valence-electron chi connectivity index (χ1n) is 25.4. The van der Waals surface area contributed by atoms with Crippen molar-refractivity contribution in [2.75, 3.05) is 65.8 Å². The topological polar surface area (TPSA) is 255 Å². The van der Waals surface area contributed by atoms with Gasteiger partial charge in [0.15, 0.2) is 0 Å². The molecule has 8 N–H and O–H groups in total. The number of aliphatic hydroxyl groups excluding tert-OH is 1. The number of nitrogens with one attached hydrogen (secondary N) is 7. The van der Waals surface area contributed by atoms with Gasteiger partial charge in [-0.2, -0.15) is 0 Å². The zero-order chi connectivity index (χ0) is 53.9. The van der Waals surface area contributed by atoms with Crippen LogP contribution in [0.25, 0.3) is 0 Å². The standard InChI is InChI=1S/C53H86N8O11/c1-12-61(13-2)28-18-17-21-41(48(66)60-44(35-62)47(65)54-26-29-70-31-32-71-30-27-55-51(69)72-53(9,10)11)57-50(68)42(33-36(3)4)58-45(63)37(5)56-49(67)43(34-38-19-15-14-16-20-38)59-46(64)39-22-24-40(25-23-39)52(6,7)8/h14-16,19-20,22-25,36-37,41-44,62H,12-13,17-18,21,26-35H2,1-11H3,(H,54,65)(H,55,69)(H,56,67)(H,57,68)(H,58,63)(H,59,64)(H,60,66)/t37-,41-,42-,43-,44-/m0/s1. The van der Waals surface area contributed by atoms with Gasteiger partial charge in [0.25, 0.3) is 5.91 Å². The lowest BCUT2D eigenvalue weighted by atomic mass is 9.86. The third kappa shape index (κ3) is 25.2. The summed E-state index contributed by atoms with van der Waals surface area (Å²) in [7, 11) is 0. The highest BCUT2D eigenvalue weighted by Crippen LogP contribution is 2.22. The number of alkyl carbamates (subject to hydrolysis) is 1. The van der Waals surface area contributed by atoms with Gasteiger partial charge in [0.1, 0.15) is 35.8 Å². The summed E-state index contributed by atoms with van der Waals surface area (Å²) in [6.45, 7) is 23.8. The first-order valence-corrected chi connectivity index (χ1v) is 25.4. The van der Waals surface area contributed by atoms with Crippen LogP contribution < -0.4 is 37.2 Å². The SMILES string of the molecule is CCN(CC)CCCC[C@H](NC(=O)[C@H](CC(C)C)NC(=O)[C@H](C)NC(=O)[C@H](Cc1ccccc1)NC(=O)c1ccc(C(C)(C)C)cc1)C(=O)N[C@@H](CO)C(=O)NCCOCCOCCNC(=O)OC(C)(C)C. The summed E-state index contributed by atoms with van der Waals surface area (Å²) in [5.74, 6) is -3.79. The molecule has 72 heavy (non-hydrogen) atoms. The van der Waals surface area contributed by atoms with Crippen LogP contribution in [0.4, 0.5) is 4.79 Å². The number of hydrogen-bond donors (Lipinski definition) is 8. The summed E-state index contributed by atoms with van der Waals surface area (Å²) in [6.07, 6.45) is 1.26. The summed E-state index contributed by atoms with van der Waals surface area (Å²) < 4.78 is 16.1. The minimum absolute atomic E-state index is 0.0704. The molecule has 0 unspecified atom stereocenters. The smallest absolute Gasteiger partial charge is 0.407 e. The van der Waals surface area contributed by atoms with Gasteiger partial charge in [-0.15, -0.1) is 0 Å². The fourth-order valence-electron chi connectivity index (χ4n) is 7.26. The second kappa shape index (κ2) is 32.4. The van der Waals surface area contributed by atoms with Gasteiger partial charge < -0.3 is 61.4 Å². The van der Waals surface area contributed by atoms with Gasteiger partial charge in [-0.1, -0.05) is 90.9 Å². The van der Waals surface area contributed by atoms with Crippen LogP contribution in [-0.2, 0) is 50.0 Å². The van der Waals surface area contributed by atoms with Crippen molar-refractivity contribution in [3.8, 4) is 0 Å². The largest absolute Gasteiger partial charge is 0.444 e. The molecule has 404 valence electrons. The first-order chi connectivity index (χ1) is 34.0. The quantitative estimate of drug-likeness (QED) is 0.0491. The Balaban J connectivity index is 2.10. The predicted molar refractivity (Wildman–Crippen MR) is 277 cm³/mol. The van der Waals surface area contributed by atoms with Gasteiger partial charge in [0.2, 0.25) is 29.5 Å². The maximum Gasteiger partial charge on any atom is 0.407 e. The molecule has 0 aliphatic rings. The summed E-state index contributed by atoms with van der Waals surface area (Å²) in [5.41, 5.74) is 1.48. The number of aliphatic hydroxyl groups is 1. The summed E-state index contributed by atoms with van der Waals surface area (Å²) in [5, 5.41) is 29.1. The number of rotatable bonds is 32. The third-order valence-electron chi connectivity index (χ3n) is 11.4. The van der Waals surface area contributed by atoms with E-state index >= 15 is 0 Å². The molecular formula is C53H86N8O11. The monoisotopic (exact) mass is 1010 g/mol. The number of ether oxygens (including phenoxy) is 3. The molecule has 0 aliphatic carbocycles. The van der Waals surface area contributed by atoms with Crippen molar-refractivity contribution in [1.82, 2.24) is 42.1 Å². The molecule has 7 amide bonds. The lowest BCUT2D eigenvalue weighted by Crippen LogP contribution is -2.59. The molecule has 0 saturated carbocycles. The average Bonchev–Trinajstić information content (AvgIpc) is 3.32. The first kappa shape index (κ1) is 62.5. The minimum atomic E-state index is -1.34. The molecule has 0 spiro atoms. The lowest BCUT2D eigenvalue weighted by molar-refractivity contribution is -0.135. The Morgan fingerprint density at radius 2 is 1.17 bits per heavy atom. The number of hydrogen-bond acceptors (Lipinski definition) is 12. The van der Waals surface area contributed by atoms with Gasteiger partial charge in [0, 0.05) is 25.1 Å². The van der Waals surface area contributed by atoms with E-state index in [2.05, 4.69) is 76.7 Å². The van der Waals surface area contributed by atoms with Gasteiger partial charge in [-0.25, -0.2) is 4.79 Å². The molecule has 2 rings (SSSR count). The number of nitrogens with zero attached hydrogens (tertiary/aromatic N) is 1. The van der Waals surface area contributed by atoms with E-state index in [0.717, 1.165) is 37.2 Å². The van der Waals surface area contributed by atoms with Gasteiger partial charge in [0.05, 0.1) is 33.0 Å². The van der Waals surface area contributed by atoms with Gasteiger partial charge in [-0.05, 0) is 108 Å². The Morgan fingerprint density at radius 1 is 0.611 bits per heavy atom. The molecule has 19 nitrogen and oxygen atoms in total. The number of unbranched alkanes of at least 4 members (excludes halogenated alkanes) is 1. The highest BCUT2D eigenvalue weighted by atomic mass is 16.6. The Kier molecular flexibility index (Phi) is 28.2. The van der Waals surface area contributed by atoms with Crippen LogP contribution in [0, 0.1) is 5.92 Å². The normalized spacial score (nSPS) is 13.8. The second-order valence-electron chi connectivity index (χ2n) is 20.2. The fourth-order valence-corrected chi connectivity index (χ4v) is 7.26. The van der Waals surface area contributed by atoms with E-state index in [1.165, 1.54) is 6.92 Å². The maximum atomic E-state index is 14.1. The third-order valence-corrected chi connectivity index (χ3v) is 11.4. The van der Waals surface area contributed by atoms with Crippen molar-refractivity contribution in [2.24, 2.45) is 5.92 Å². The molecule has 0 saturated heterocycles. The molecule has 0 fully saturated rings. The molecule has 5 atom stereocenters. The van der Waals surface area contributed by atoms with E-state index < -0.39 is 84.0 Å². The summed E-state index contributed by atoms with van der Waals surface area (Å²) >= 11 is 0. The van der Waals surface area contributed by atoms with Crippen molar-refractivity contribution < 1.29 is 52.9 Å². The molecule has 0 bridgehead atoms. The van der Waals surface area contributed by atoms with E-state index in [9.17, 15) is 38.7 Å². The Bertz CT molecular complexity index is 1970. The molecule has 0 heterocycles. The van der Waals surface area contributed by atoms with Gasteiger partial charge >= 0.3 is 6.09 Å². The van der Waals surface area contributed by atoms with Crippen molar-refractivity contribution in [3.63, 3.8) is 0 Å². The predicted octanol–water partition coefficient (Wildman–Crippen LogP) is 3.51. The zero-order valence-electron chi connectivity index (χ0n) is 44.7. The Morgan fingerprint density at radius 3 is 1.72 bits per heavy atom. The highest BCUT2D eigenvalue weighted by molar-refractivity contribution is 5.99. The Hall–Kier alpha value is -5.63. The van der Waals surface area contributed by atoms with E-state index in [1.54, 1.807) is 32.9 Å². The van der Waals surface area contributed by atoms with Crippen LogP contribution in [-0.4, -0.2) is 153 Å². The van der Waals surface area contributed by atoms with E-state index in [1.807, 2.05) is 56.3 Å². The zero-order valence-corrected chi connectivity index (χ0v) is 44.7.